The Morgan fingerprint density at radius 3 is 2.31 bits per heavy atom. The van der Waals surface area contributed by atoms with E-state index in [0.717, 1.165) is 11.3 Å². The van der Waals surface area contributed by atoms with Crippen molar-refractivity contribution in [2.45, 2.75) is 32.1 Å². The second-order valence-electron chi connectivity index (χ2n) is 8.22. The van der Waals surface area contributed by atoms with Crippen LogP contribution in [0.2, 0.25) is 0 Å². The molecule has 1 fully saturated rings. The van der Waals surface area contributed by atoms with Crippen LogP contribution < -0.4 is 5.32 Å². The van der Waals surface area contributed by atoms with Gasteiger partial charge in [0, 0.05) is 24.1 Å². The molecule has 1 unspecified atom stereocenters. The minimum Gasteiger partial charge on any atom is -0.384 e. The van der Waals surface area contributed by atoms with Gasteiger partial charge < -0.3 is 5.32 Å². The van der Waals surface area contributed by atoms with Crippen LogP contribution >= 0.6 is 11.8 Å². The fourth-order valence-electron chi connectivity index (χ4n) is 3.83. The first-order chi connectivity index (χ1) is 17.0. The summed E-state index contributed by atoms with van der Waals surface area (Å²) in [6.07, 6.45) is 0.0887. The summed E-state index contributed by atoms with van der Waals surface area (Å²) in [5.74, 6) is -0.281. The van der Waals surface area contributed by atoms with Gasteiger partial charge in [0.1, 0.15) is 0 Å². The molecule has 1 heterocycles. The molecule has 0 bridgehead atoms. The highest BCUT2D eigenvalue weighted by Crippen LogP contribution is 2.36. The first kappa shape index (κ1) is 24.4. The van der Waals surface area contributed by atoms with E-state index in [-0.39, 0.29) is 23.9 Å². The van der Waals surface area contributed by atoms with Crippen LogP contribution in [0.5, 0.6) is 0 Å². The van der Waals surface area contributed by atoms with Crippen molar-refractivity contribution in [1.82, 2.24) is 4.90 Å². The third kappa shape index (κ3) is 5.87. The summed E-state index contributed by atoms with van der Waals surface area (Å²) < 4.78 is 0. The first-order valence-electron chi connectivity index (χ1n) is 11.5. The summed E-state index contributed by atoms with van der Waals surface area (Å²) in [4.78, 5) is 44.8. The Morgan fingerprint density at radius 1 is 0.971 bits per heavy atom. The summed E-state index contributed by atoms with van der Waals surface area (Å²) in [5.41, 5.74) is 3.47. The number of thioether (sulfide) groups is 1. The molecule has 1 aliphatic rings. The van der Waals surface area contributed by atoms with Crippen LogP contribution in [0.4, 0.5) is 11.4 Å². The molecule has 0 spiro atoms. The van der Waals surface area contributed by atoms with Crippen molar-refractivity contribution in [1.29, 1.82) is 0 Å². The number of benzene rings is 3. The second-order valence-corrected chi connectivity index (χ2v) is 9.39. The Bertz CT molecular complexity index is 1260. The summed E-state index contributed by atoms with van der Waals surface area (Å²) in [7, 11) is 0. The molecule has 6 nitrogen and oxygen atoms in total. The van der Waals surface area contributed by atoms with Crippen LogP contribution in [-0.2, 0) is 11.3 Å². The monoisotopic (exact) mass is 485 g/mol. The van der Waals surface area contributed by atoms with Crippen molar-refractivity contribution < 1.29 is 14.4 Å². The molecule has 1 aliphatic heterocycles. The van der Waals surface area contributed by atoms with Crippen molar-refractivity contribution in [3.8, 4) is 0 Å². The number of anilines is 1. The molecular formula is C28H27N3O3S. The average molecular weight is 486 g/mol. The number of amides is 1. The number of ketones is 2. The Balaban J connectivity index is 1.69. The van der Waals surface area contributed by atoms with Crippen LogP contribution in [0.15, 0.2) is 83.9 Å². The van der Waals surface area contributed by atoms with E-state index in [4.69, 9.17) is 4.99 Å². The van der Waals surface area contributed by atoms with Crippen molar-refractivity contribution in [2.75, 3.05) is 11.9 Å². The number of nitrogens with zero attached hydrogens (tertiary/aromatic N) is 2. The average Bonchev–Trinajstić information content (AvgIpc) is 3.15. The van der Waals surface area contributed by atoms with Crippen molar-refractivity contribution in [2.24, 2.45) is 4.99 Å². The van der Waals surface area contributed by atoms with Gasteiger partial charge >= 0.3 is 0 Å². The Kier molecular flexibility index (Phi) is 7.77. The quantitative estimate of drug-likeness (QED) is 0.392. The van der Waals surface area contributed by atoms with Gasteiger partial charge in [0.2, 0.25) is 5.91 Å². The molecule has 3 aromatic rings. The highest BCUT2D eigenvalue weighted by Gasteiger charge is 2.39. The first-order valence-corrected chi connectivity index (χ1v) is 12.4. The van der Waals surface area contributed by atoms with Crippen LogP contribution in [0, 0.1) is 0 Å². The Hall–Kier alpha value is -3.71. The van der Waals surface area contributed by atoms with Crippen molar-refractivity contribution >= 4 is 45.8 Å². The molecule has 1 amide bonds. The number of carbonyl (C=O) groups excluding carboxylic acids is 3. The molecule has 1 saturated heterocycles. The number of hydrogen-bond acceptors (Lipinski definition) is 6. The minimum atomic E-state index is -0.566. The number of hydrogen-bond donors (Lipinski definition) is 1. The molecule has 7 heteroatoms. The molecule has 3 aromatic carbocycles. The fourth-order valence-corrected chi connectivity index (χ4v) is 4.98. The summed E-state index contributed by atoms with van der Waals surface area (Å²) in [5, 5.41) is 3.22. The second kappa shape index (κ2) is 11.1. The van der Waals surface area contributed by atoms with Gasteiger partial charge in [-0.25, -0.2) is 4.99 Å². The lowest BCUT2D eigenvalue weighted by Crippen LogP contribution is -2.32. The number of Topliss-reactive ketones (excluding diaryl/α,β-unsaturated/α-hetero) is 2. The van der Waals surface area contributed by atoms with E-state index < -0.39 is 5.25 Å². The maximum atomic E-state index is 13.5. The van der Waals surface area contributed by atoms with Crippen molar-refractivity contribution in [3.63, 3.8) is 0 Å². The third-order valence-electron chi connectivity index (χ3n) is 5.66. The minimum absolute atomic E-state index is 0.0582. The Labute approximate surface area is 209 Å². The zero-order valence-corrected chi connectivity index (χ0v) is 20.5. The standard InChI is InChI=1S/C28H27N3O3S/c1-3-29-23-15-14-22(19(2)32)16-24(23)30-28-31(18-20-10-6-4-7-11-20)27(34)26(35-28)17-25(33)21-12-8-5-9-13-21/h4-16,26,29H,3,17-18H2,1-2H3/b30-28-. The van der Waals surface area contributed by atoms with Crippen molar-refractivity contribution in [3.05, 3.63) is 95.6 Å². The van der Waals surface area contributed by atoms with E-state index in [2.05, 4.69) is 5.32 Å². The molecule has 1 atom stereocenters. The predicted octanol–water partition coefficient (Wildman–Crippen LogP) is 5.73. The van der Waals surface area contributed by atoms with Gasteiger partial charge in [0.05, 0.1) is 23.2 Å². The number of rotatable bonds is 9. The molecule has 0 radical (unpaired) electrons. The lowest BCUT2D eigenvalue weighted by molar-refractivity contribution is -0.126. The van der Waals surface area contributed by atoms with E-state index in [9.17, 15) is 14.4 Å². The van der Waals surface area contributed by atoms with E-state index in [1.165, 1.54) is 18.7 Å². The van der Waals surface area contributed by atoms with Crippen LogP contribution in [0.25, 0.3) is 0 Å². The molecule has 4 rings (SSSR count). The molecule has 0 aromatic heterocycles. The highest BCUT2D eigenvalue weighted by atomic mass is 32.2. The molecule has 178 valence electrons. The van der Waals surface area contributed by atoms with Crippen LogP contribution in [0.3, 0.4) is 0 Å². The number of nitrogens with one attached hydrogen (secondary N) is 1. The van der Waals surface area contributed by atoms with Crippen LogP contribution in [0.1, 0.15) is 46.5 Å². The van der Waals surface area contributed by atoms with E-state index in [1.54, 1.807) is 29.2 Å². The zero-order chi connectivity index (χ0) is 24.8. The lowest BCUT2D eigenvalue weighted by Gasteiger charge is -2.17. The number of carbonyl (C=O) groups is 3. The summed E-state index contributed by atoms with van der Waals surface area (Å²) in [6, 6.07) is 24.0. The van der Waals surface area contributed by atoms with E-state index >= 15 is 0 Å². The van der Waals surface area contributed by atoms with Gasteiger partial charge in [-0.2, -0.15) is 0 Å². The SMILES string of the molecule is CCNc1ccc(C(C)=O)cc1/N=C1\SC(CC(=O)c2ccccc2)C(=O)N1Cc1ccccc1. The van der Waals surface area contributed by atoms with Gasteiger partial charge in [-0.05, 0) is 37.6 Å². The largest absolute Gasteiger partial charge is 0.384 e. The van der Waals surface area contributed by atoms with Gasteiger partial charge in [0.15, 0.2) is 16.7 Å². The molecule has 1 N–H and O–H groups in total. The van der Waals surface area contributed by atoms with Gasteiger partial charge in [0.25, 0.3) is 0 Å². The van der Waals surface area contributed by atoms with Gasteiger partial charge in [-0.3, -0.25) is 19.3 Å². The maximum absolute atomic E-state index is 13.5. The molecule has 0 aliphatic carbocycles. The zero-order valence-electron chi connectivity index (χ0n) is 19.7. The lowest BCUT2D eigenvalue weighted by atomic mass is 10.1. The third-order valence-corrected chi connectivity index (χ3v) is 6.83. The van der Waals surface area contributed by atoms with Gasteiger partial charge in [-0.15, -0.1) is 0 Å². The van der Waals surface area contributed by atoms with E-state index in [1.807, 2.05) is 61.5 Å². The summed E-state index contributed by atoms with van der Waals surface area (Å²) in [6.45, 7) is 4.53. The summed E-state index contributed by atoms with van der Waals surface area (Å²) >= 11 is 1.30. The highest BCUT2D eigenvalue weighted by molar-refractivity contribution is 8.15. The topological polar surface area (TPSA) is 78.8 Å². The van der Waals surface area contributed by atoms with Crippen LogP contribution in [-0.4, -0.2) is 39.3 Å². The predicted molar refractivity (Wildman–Crippen MR) is 141 cm³/mol. The molecule has 35 heavy (non-hydrogen) atoms. The van der Waals surface area contributed by atoms with Gasteiger partial charge in [-0.1, -0.05) is 72.4 Å². The fraction of sp³-hybridized carbons (Fsp3) is 0.214. The normalized spacial score (nSPS) is 16.5. The molecule has 0 saturated carbocycles. The smallest absolute Gasteiger partial charge is 0.242 e. The maximum Gasteiger partial charge on any atom is 0.242 e. The van der Waals surface area contributed by atoms with E-state index in [0.29, 0.717) is 35.1 Å². The Morgan fingerprint density at radius 2 is 1.66 bits per heavy atom. The molecular weight excluding hydrogens is 458 g/mol. The number of aliphatic imine (C=N–C) groups is 1. The number of amidine groups is 1.